The van der Waals surface area contributed by atoms with E-state index in [2.05, 4.69) is 25.0 Å². The molecule has 0 spiro atoms. The van der Waals surface area contributed by atoms with Gasteiger partial charge in [0, 0.05) is 18.8 Å². The van der Waals surface area contributed by atoms with Crippen molar-refractivity contribution in [2.45, 2.75) is 11.9 Å². The lowest BCUT2D eigenvalue weighted by molar-refractivity contribution is 0.254. The van der Waals surface area contributed by atoms with Crippen LogP contribution in [0.25, 0.3) is 0 Å². The zero-order chi connectivity index (χ0) is 19.9. The van der Waals surface area contributed by atoms with Crippen LogP contribution < -0.4 is 24.2 Å². The fourth-order valence-corrected chi connectivity index (χ4v) is 4.50. The first-order chi connectivity index (χ1) is 12.9. The maximum Gasteiger partial charge on any atom is 0.336 e. The molecule has 1 fully saturated rings. The van der Waals surface area contributed by atoms with Crippen LogP contribution in [-0.4, -0.2) is 79.5 Å². The minimum Gasteiger partial charge on any atom is -0.467 e. The number of amides is 2. The molecular formula is C12H20FN7O5S2. The van der Waals surface area contributed by atoms with Gasteiger partial charge in [0.2, 0.25) is 5.95 Å². The second-order valence-corrected chi connectivity index (χ2v) is 7.75. The van der Waals surface area contributed by atoms with Crippen molar-refractivity contribution in [2.75, 3.05) is 45.1 Å². The molecule has 12 nitrogen and oxygen atoms in total. The first-order valence-corrected chi connectivity index (χ1v) is 10.3. The Morgan fingerprint density at radius 2 is 1.96 bits per heavy atom. The number of nitrogens with one attached hydrogen (secondary N) is 3. The molecule has 1 aromatic rings. The van der Waals surface area contributed by atoms with Crippen LogP contribution >= 0.6 is 11.8 Å². The number of carbonyl (C=O) groups is 1. The molecule has 27 heavy (non-hydrogen) atoms. The highest BCUT2D eigenvalue weighted by molar-refractivity contribution is 8.00. The molecule has 1 atom stereocenters. The summed E-state index contributed by atoms with van der Waals surface area (Å²) in [6, 6.07) is -1.33. The van der Waals surface area contributed by atoms with E-state index in [0.29, 0.717) is 25.3 Å². The summed E-state index contributed by atoms with van der Waals surface area (Å²) < 4.78 is 50.4. The normalized spacial score (nSPS) is 17.5. The van der Waals surface area contributed by atoms with E-state index in [1.54, 1.807) is 9.62 Å². The molecule has 1 aliphatic rings. The Bertz CT molecular complexity index is 731. The minimum atomic E-state index is -4.18. The molecule has 2 heterocycles. The van der Waals surface area contributed by atoms with Crippen LogP contribution in [-0.2, 0) is 10.2 Å². The van der Waals surface area contributed by atoms with Gasteiger partial charge < -0.3 is 9.47 Å². The molecule has 152 valence electrons. The average molecular weight is 425 g/mol. The molecule has 0 saturated carbocycles. The molecule has 1 aliphatic heterocycles. The zero-order valence-corrected chi connectivity index (χ0v) is 16.3. The second kappa shape index (κ2) is 9.82. The molecule has 0 aromatic carbocycles. The number of alkyl halides is 1. The maximum absolute atomic E-state index is 12.3. The number of anilines is 1. The van der Waals surface area contributed by atoms with Crippen molar-refractivity contribution in [3.8, 4) is 12.0 Å². The average Bonchev–Trinajstić information content (AvgIpc) is 3.04. The molecule has 3 N–H and O–H groups in total. The van der Waals surface area contributed by atoms with E-state index in [1.165, 1.54) is 26.0 Å². The van der Waals surface area contributed by atoms with Crippen LogP contribution in [0, 0.1) is 0 Å². The van der Waals surface area contributed by atoms with E-state index in [-0.39, 0.29) is 18.0 Å². The van der Waals surface area contributed by atoms with Crippen molar-refractivity contribution in [1.29, 1.82) is 0 Å². The van der Waals surface area contributed by atoms with Crippen LogP contribution in [0.3, 0.4) is 0 Å². The molecular weight excluding hydrogens is 405 g/mol. The van der Waals surface area contributed by atoms with Crippen molar-refractivity contribution in [3.05, 3.63) is 0 Å². The quantitative estimate of drug-likeness (QED) is 0.474. The van der Waals surface area contributed by atoms with Gasteiger partial charge in [-0.25, -0.2) is 9.52 Å². The van der Waals surface area contributed by atoms with Crippen LogP contribution in [0.2, 0.25) is 0 Å². The smallest absolute Gasteiger partial charge is 0.336 e. The largest absolute Gasteiger partial charge is 0.467 e. The number of methoxy groups -OCH3 is 2. The first-order valence-electron chi connectivity index (χ1n) is 7.73. The van der Waals surface area contributed by atoms with Gasteiger partial charge in [0.25, 0.3) is 0 Å². The van der Waals surface area contributed by atoms with Gasteiger partial charge in [0.1, 0.15) is 5.50 Å². The van der Waals surface area contributed by atoms with Crippen molar-refractivity contribution in [2.24, 2.45) is 0 Å². The molecule has 2 amide bonds. The molecule has 15 heteroatoms. The van der Waals surface area contributed by atoms with E-state index in [9.17, 15) is 17.6 Å². The van der Waals surface area contributed by atoms with Gasteiger partial charge in [0.05, 0.1) is 20.9 Å². The summed E-state index contributed by atoms with van der Waals surface area (Å²) in [6.07, 6.45) is 0.301. The second-order valence-electron chi connectivity index (χ2n) is 5.11. The third kappa shape index (κ3) is 6.60. The van der Waals surface area contributed by atoms with Gasteiger partial charge in [-0.15, -0.1) is 16.7 Å². The van der Waals surface area contributed by atoms with Gasteiger partial charge in [-0.05, 0) is 6.42 Å². The van der Waals surface area contributed by atoms with Gasteiger partial charge in [-0.1, -0.05) is 0 Å². The third-order valence-corrected chi connectivity index (χ3v) is 5.52. The number of carbonyl (C=O) groups excluding carboxylic acids is 1. The number of nitrogens with zero attached hydrogens (tertiary/aromatic N) is 4. The fourth-order valence-electron chi connectivity index (χ4n) is 2.09. The number of ether oxygens (including phenoxy) is 2. The Morgan fingerprint density at radius 1 is 1.30 bits per heavy atom. The van der Waals surface area contributed by atoms with E-state index >= 15 is 0 Å². The van der Waals surface area contributed by atoms with Gasteiger partial charge in [-0.3, -0.25) is 14.6 Å². The Balaban J connectivity index is 1.96. The highest BCUT2D eigenvalue weighted by atomic mass is 32.2. The number of rotatable bonds is 9. The maximum atomic E-state index is 12.3. The van der Waals surface area contributed by atoms with E-state index in [0.717, 1.165) is 0 Å². The van der Waals surface area contributed by atoms with Crippen LogP contribution in [0.1, 0.15) is 6.42 Å². The lowest BCUT2D eigenvalue weighted by Gasteiger charge is -2.23. The number of thioether (sulfide) groups is 1. The molecule has 0 aliphatic carbocycles. The SMILES string of the molecule is COc1nc(NC(=O)NS(=O)(=O)NC2SCCN2CCCF)nc(OC)n1. The standard InChI is InChI=1S/C12H20FN7O5S2/c1-24-10-15-8(16-11(17-10)25-2)14-9(21)18-27(22,23)19-12-20(5-3-4-13)6-7-26-12/h12,19H,3-7H2,1-2H3,(H2,14,15,16,17,18,21). The summed E-state index contributed by atoms with van der Waals surface area (Å²) in [5.41, 5.74) is -0.584. The minimum absolute atomic E-state index is 0.121. The Labute approximate surface area is 159 Å². The third-order valence-electron chi connectivity index (χ3n) is 3.23. The lowest BCUT2D eigenvalue weighted by atomic mass is 10.4. The highest BCUT2D eigenvalue weighted by Gasteiger charge is 2.29. The van der Waals surface area contributed by atoms with Gasteiger partial charge in [0.15, 0.2) is 0 Å². The van der Waals surface area contributed by atoms with E-state index in [4.69, 9.17) is 9.47 Å². The molecule has 1 saturated heterocycles. The first kappa shape index (κ1) is 21.3. The fraction of sp³-hybridized carbons (Fsp3) is 0.667. The highest BCUT2D eigenvalue weighted by Crippen LogP contribution is 2.22. The van der Waals surface area contributed by atoms with Crippen molar-refractivity contribution < 1.29 is 27.1 Å². The number of aromatic nitrogens is 3. The zero-order valence-electron chi connectivity index (χ0n) is 14.6. The van der Waals surface area contributed by atoms with Crippen LogP contribution in [0.5, 0.6) is 12.0 Å². The predicted octanol–water partition coefficient (Wildman–Crippen LogP) is -0.463. The summed E-state index contributed by atoms with van der Waals surface area (Å²) >= 11 is 1.34. The van der Waals surface area contributed by atoms with Crippen molar-refractivity contribution in [1.82, 2.24) is 29.3 Å². The summed E-state index contributed by atoms with van der Waals surface area (Å²) in [5, 5.41) is 2.16. The van der Waals surface area contributed by atoms with E-state index < -0.39 is 28.4 Å². The van der Waals surface area contributed by atoms with E-state index in [1.807, 2.05) is 0 Å². The number of hydrogen-bond donors (Lipinski definition) is 3. The van der Waals surface area contributed by atoms with Crippen LogP contribution in [0.15, 0.2) is 0 Å². The number of hydrogen-bond acceptors (Lipinski definition) is 10. The summed E-state index contributed by atoms with van der Waals surface area (Å²) in [4.78, 5) is 25.0. The number of halogens is 1. The molecule has 0 radical (unpaired) electrons. The Morgan fingerprint density at radius 3 is 2.56 bits per heavy atom. The Hall–Kier alpha value is -1.97. The molecule has 1 aromatic heterocycles. The topological polar surface area (TPSA) is 148 Å². The molecule has 1 unspecified atom stereocenters. The predicted molar refractivity (Wildman–Crippen MR) is 95.6 cm³/mol. The summed E-state index contributed by atoms with van der Waals surface area (Å²) in [6.45, 7) is 0.544. The van der Waals surface area contributed by atoms with Crippen LogP contribution in [0.4, 0.5) is 15.1 Å². The van der Waals surface area contributed by atoms with Gasteiger partial charge in [-0.2, -0.15) is 23.1 Å². The van der Waals surface area contributed by atoms with Crippen molar-refractivity contribution in [3.63, 3.8) is 0 Å². The monoisotopic (exact) mass is 425 g/mol. The summed E-state index contributed by atoms with van der Waals surface area (Å²) in [5.74, 6) is 0.432. The van der Waals surface area contributed by atoms with Gasteiger partial charge >= 0.3 is 28.3 Å². The Kier molecular flexibility index (Phi) is 7.76. The summed E-state index contributed by atoms with van der Waals surface area (Å²) in [7, 11) is -1.56. The lowest BCUT2D eigenvalue weighted by Crippen LogP contribution is -2.50. The molecule has 2 rings (SSSR count). The number of urea groups is 1. The van der Waals surface area contributed by atoms with Crippen molar-refractivity contribution >= 4 is 34.0 Å². The molecule has 0 bridgehead atoms.